The van der Waals surface area contributed by atoms with Crippen LogP contribution in [0.5, 0.6) is 5.75 Å². The first-order valence-electron chi connectivity index (χ1n) is 10.7. The summed E-state index contributed by atoms with van der Waals surface area (Å²) in [6.45, 7) is 9.96. The maximum Gasteiger partial charge on any atom is 0.242 e. The van der Waals surface area contributed by atoms with Crippen molar-refractivity contribution >= 4 is 23.2 Å². The van der Waals surface area contributed by atoms with E-state index >= 15 is 0 Å². The molecule has 2 heterocycles. The van der Waals surface area contributed by atoms with Gasteiger partial charge in [0.2, 0.25) is 11.8 Å². The standard InChI is InChI=1S/C24H32N4O3/c1-6-28-20-9-8-19(13-21(20)27(5)22(29)24(3,4)23(28)30)31-11-7-10-25-15-18-12-17(2)14-26-16-18/h8-9,12-14,16,25H,6-7,10-11,15H2,1-5H3. The summed E-state index contributed by atoms with van der Waals surface area (Å²) in [4.78, 5) is 33.3. The number of hydrogen-bond donors (Lipinski definition) is 1. The van der Waals surface area contributed by atoms with Crippen LogP contribution in [0, 0.1) is 12.3 Å². The number of nitrogens with one attached hydrogen (secondary N) is 1. The zero-order chi connectivity index (χ0) is 22.6. The lowest BCUT2D eigenvalue weighted by Gasteiger charge is -2.27. The van der Waals surface area contributed by atoms with Gasteiger partial charge in [0.05, 0.1) is 18.0 Å². The minimum Gasteiger partial charge on any atom is -0.493 e. The minimum atomic E-state index is -1.11. The van der Waals surface area contributed by atoms with Gasteiger partial charge >= 0.3 is 0 Å². The molecule has 3 rings (SSSR count). The Kier molecular flexibility index (Phi) is 6.95. The van der Waals surface area contributed by atoms with E-state index in [9.17, 15) is 9.59 Å². The average molecular weight is 425 g/mol. The number of aryl methyl sites for hydroxylation is 1. The maximum absolute atomic E-state index is 12.9. The van der Waals surface area contributed by atoms with Crippen LogP contribution < -0.4 is 19.9 Å². The lowest BCUT2D eigenvalue weighted by atomic mass is 9.90. The molecule has 0 bridgehead atoms. The second kappa shape index (κ2) is 9.47. The molecule has 7 nitrogen and oxygen atoms in total. The Labute approximate surface area is 184 Å². The number of nitrogens with zero attached hydrogens (tertiary/aromatic N) is 3. The van der Waals surface area contributed by atoms with Gasteiger partial charge in [-0.25, -0.2) is 0 Å². The van der Waals surface area contributed by atoms with Crippen LogP contribution in [0.2, 0.25) is 0 Å². The number of rotatable bonds is 8. The number of ether oxygens (including phenoxy) is 1. The van der Waals surface area contributed by atoms with Crippen molar-refractivity contribution in [3.63, 3.8) is 0 Å². The molecule has 2 aromatic rings. The third-order valence-electron chi connectivity index (χ3n) is 5.56. The Bertz CT molecular complexity index is 958. The van der Waals surface area contributed by atoms with Gasteiger partial charge in [-0.1, -0.05) is 6.07 Å². The van der Waals surface area contributed by atoms with Crippen LogP contribution in [0.3, 0.4) is 0 Å². The smallest absolute Gasteiger partial charge is 0.242 e. The molecule has 0 fully saturated rings. The Morgan fingerprint density at radius 3 is 2.58 bits per heavy atom. The average Bonchev–Trinajstić information content (AvgIpc) is 2.80. The van der Waals surface area contributed by atoms with E-state index in [1.165, 1.54) is 0 Å². The molecule has 1 aliphatic heterocycles. The summed E-state index contributed by atoms with van der Waals surface area (Å²) in [5, 5.41) is 3.40. The summed E-state index contributed by atoms with van der Waals surface area (Å²) in [7, 11) is 1.71. The van der Waals surface area contributed by atoms with Crippen molar-refractivity contribution in [2.75, 3.05) is 36.5 Å². The Balaban J connectivity index is 1.60. The van der Waals surface area contributed by atoms with E-state index in [2.05, 4.69) is 16.4 Å². The molecular formula is C24H32N4O3. The number of carbonyl (C=O) groups excluding carboxylic acids is 2. The highest BCUT2D eigenvalue weighted by molar-refractivity contribution is 6.20. The summed E-state index contributed by atoms with van der Waals surface area (Å²) in [5.74, 6) is 0.278. The van der Waals surface area contributed by atoms with Crippen molar-refractivity contribution in [2.45, 2.75) is 40.7 Å². The van der Waals surface area contributed by atoms with Gasteiger partial charge in [0, 0.05) is 38.6 Å². The van der Waals surface area contributed by atoms with Gasteiger partial charge < -0.3 is 19.9 Å². The van der Waals surface area contributed by atoms with E-state index in [0.29, 0.717) is 24.6 Å². The van der Waals surface area contributed by atoms with Crippen LogP contribution in [0.25, 0.3) is 0 Å². The molecule has 0 saturated carbocycles. The molecule has 0 aliphatic carbocycles. The molecule has 1 aromatic carbocycles. The van der Waals surface area contributed by atoms with E-state index in [0.717, 1.165) is 36.3 Å². The van der Waals surface area contributed by atoms with Crippen LogP contribution >= 0.6 is 0 Å². The van der Waals surface area contributed by atoms with Gasteiger partial charge in [-0.2, -0.15) is 0 Å². The maximum atomic E-state index is 12.9. The van der Waals surface area contributed by atoms with E-state index in [-0.39, 0.29) is 11.8 Å². The first-order chi connectivity index (χ1) is 14.8. The molecule has 1 aromatic heterocycles. The molecule has 1 N–H and O–H groups in total. The van der Waals surface area contributed by atoms with Crippen molar-refractivity contribution in [1.82, 2.24) is 10.3 Å². The summed E-state index contributed by atoms with van der Waals surface area (Å²) < 4.78 is 5.92. The topological polar surface area (TPSA) is 74.8 Å². The summed E-state index contributed by atoms with van der Waals surface area (Å²) >= 11 is 0. The molecule has 0 atom stereocenters. The van der Waals surface area contributed by atoms with Crippen molar-refractivity contribution in [3.05, 3.63) is 47.8 Å². The van der Waals surface area contributed by atoms with Crippen molar-refractivity contribution in [3.8, 4) is 5.75 Å². The van der Waals surface area contributed by atoms with Crippen LogP contribution in [-0.4, -0.2) is 43.5 Å². The molecule has 1 aliphatic rings. The Morgan fingerprint density at radius 2 is 1.87 bits per heavy atom. The fraction of sp³-hybridized carbons (Fsp3) is 0.458. The van der Waals surface area contributed by atoms with Crippen LogP contribution in [0.15, 0.2) is 36.7 Å². The van der Waals surface area contributed by atoms with E-state index in [1.54, 1.807) is 30.7 Å². The fourth-order valence-electron chi connectivity index (χ4n) is 3.80. The quantitative estimate of drug-likeness (QED) is 0.520. The third-order valence-corrected chi connectivity index (χ3v) is 5.56. The lowest BCUT2D eigenvalue weighted by molar-refractivity contribution is -0.137. The highest BCUT2D eigenvalue weighted by Crippen LogP contribution is 2.40. The Hall–Kier alpha value is -2.93. The van der Waals surface area contributed by atoms with E-state index in [1.807, 2.05) is 44.4 Å². The predicted octanol–water partition coefficient (Wildman–Crippen LogP) is 3.30. The molecule has 166 valence electrons. The van der Waals surface area contributed by atoms with Crippen LogP contribution in [0.4, 0.5) is 11.4 Å². The minimum absolute atomic E-state index is 0.186. The number of amides is 2. The van der Waals surface area contributed by atoms with Gasteiger partial charge in [-0.05, 0) is 63.9 Å². The van der Waals surface area contributed by atoms with E-state index < -0.39 is 5.41 Å². The van der Waals surface area contributed by atoms with Gasteiger partial charge in [-0.3, -0.25) is 14.6 Å². The van der Waals surface area contributed by atoms with Crippen LogP contribution in [-0.2, 0) is 16.1 Å². The second-order valence-electron chi connectivity index (χ2n) is 8.44. The number of anilines is 2. The lowest BCUT2D eigenvalue weighted by Crippen LogP contribution is -2.47. The van der Waals surface area contributed by atoms with Gasteiger partial charge in [-0.15, -0.1) is 0 Å². The SMILES string of the molecule is CCN1C(=O)C(C)(C)C(=O)N(C)c2cc(OCCCNCc3cncc(C)c3)ccc21. The highest BCUT2D eigenvalue weighted by atomic mass is 16.5. The van der Waals surface area contributed by atoms with Gasteiger partial charge in [0.1, 0.15) is 11.2 Å². The number of hydrogen-bond acceptors (Lipinski definition) is 5. The monoisotopic (exact) mass is 424 g/mol. The zero-order valence-electron chi connectivity index (χ0n) is 19.1. The van der Waals surface area contributed by atoms with Crippen molar-refractivity contribution in [2.24, 2.45) is 5.41 Å². The second-order valence-corrected chi connectivity index (χ2v) is 8.44. The molecule has 31 heavy (non-hydrogen) atoms. The zero-order valence-corrected chi connectivity index (χ0v) is 19.1. The molecule has 0 radical (unpaired) electrons. The number of carbonyl (C=O) groups is 2. The highest BCUT2D eigenvalue weighted by Gasteiger charge is 2.45. The van der Waals surface area contributed by atoms with Crippen molar-refractivity contribution < 1.29 is 14.3 Å². The Morgan fingerprint density at radius 1 is 1.10 bits per heavy atom. The normalized spacial score (nSPS) is 15.6. The summed E-state index contributed by atoms with van der Waals surface area (Å²) in [5.41, 5.74) is 2.63. The fourth-order valence-corrected chi connectivity index (χ4v) is 3.80. The number of fused-ring (bicyclic) bond motifs is 1. The third kappa shape index (κ3) is 4.88. The molecule has 0 saturated heterocycles. The number of aromatic nitrogens is 1. The summed E-state index contributed by atoms with van der Waals surface area (Å²) in [6, 6.07) is 7.68. The first-order valence-corrected chi connectivity index (χ1v) is 10.7. The first kappa shape index (κ1) is 22.7. The molecular weight excluding hydrogens is 392 g/mol. The molecule has 0 spiro atoms. The van der Waals surface area contributed by atoms with E-state index in [4.69, 9.17) is 4.74 Å². The van der Waals surface area contributed by atoms with Crippen LogP contribution in [0.1, 0.15) is 38.3 Å². The molecule has 0 unspecified atom stereocenters. The largest absolute Gasteiger partial charge is 0.493 e. The molecule has 2 amide bonds. The molecule has 7 heteroatoms. The predicted molar refractivity (Wildman–Crippen MR) is 122 cm³/mol. The summed E-state index contributed by atoms with van der Waals surface area (Å²) in [6.07, 6.45) is 4.56. The number of benzene rings is 1. The number of pyridine rings is 1. The van der Waals surface area contributed by atoms with Gasteiger partial charge in [0.15, 0.2) is 0 Å². The van der Waals surface area contributed by atoms with Crippen molar-refractivity contribution in [1.29, 1.82) is 0 Å². The van der Waals surface area contributed by atoms with Gasteiger partial charge in [0.25, 0.3) is 0 Å².